The summed E-state index contributed by atoms with van der Waals surface area (Å²) in [5, 5.41) is 2.25. The highest BCUT2D eigenvalue weighted by Crippen LogP contribution is 2.36. The summed E-state index contributed by atoms with van der Waals surface area (Å²) < 4.78 is 20.9. The molecule has 3 aliphatic rings. The fraction of sp³-hybridized carbons (Fsp3) is 0.565. The Balaban J connectivity index is 1.46. The van der Waals surface area contributed by atoms with Crippen molar-refractivity contribution in [2.75, 3.05) is 13.1 Å². The lowest BCUT2D eigenvalue weighted by Gasteiger charge is -2.33. The molecule has 3 heterocycles. The number of ether oxygens (including phenoxy) is 1. The number of carbonyl (C=O) groups is 4. The number of rotatable bonds is 2. The molecule has 0 aromatic heterocycles. The van der Waals surface area contributed by atoms with Gasteiger partial charge in [-0.25, -0.2) is 9.18 Å². The molecule has 0 spiro atoms. The van der Waals surface area contributed by atoms with Gasteiger partial charge in [0.05, 0.1) is 6.54 Å². The fourth-order valence-electron chi connectivity index (χ4n) is 4.64. The average molecular weight is 445 g/mol. The maximum absolute atomic E-state index is 15.5. The second-order valence-corrected chi connectivity index (χ2v) is 9.64. The molecule has 32 heavy (non-hydrogen) atoms. The van der Waals surface area contributed by atoms with Crippen molar-refractivity contribution >= 4 is 23.8 Å². The first-order chi connectivity index (χ1) is 15.0. The molecular formula is C23H28FN3O5. The third-order valence-corrected chi connectivity index (χ3v) is 6.27. The SMILES string of the molecule is CC(C)(C)OC(=O)N1CCC(c2ccc3c(c2F)CN(C2CCC(=O)NC2=O)C3=O)CC1. The van der Waals surface area contributed by atoms with E-state index in [0.717, 1.165) is 0 Å². The average Bonchev–Trinajstić information content (AvgIpc) is 3.05. The van der Waals surface area contributed by atoms with Gasteiger partial charge in [-0.3, -0.25) is 19.7 Å². The molecule has 1 aromatic rings. The Labute approximate surface area is 186 Å². The largest absolute Gasteiger partial charge is 0.444 e. The molecule has 0 bridgehead atoms. The number of halogens is 1. The molecule has 4 amide bonds. The van der Waals surface area contributed by atoms with E-state index in [-0.39, 0.29) is 48.8 Å². The Morgan fingerprint density at radius 1 is 1.12 bits per heavy atom. The van der Waals surface area contributed by atoms with E-state index < -0.39 is 23.4 Å². The predicted molar refractivity (Wildman–Crippen MR) is 112 cm³/mol. The van der Waals surface area contributed by atoms with Crippen LogP contribution in [0.15, 0.2) is 12.1 Å². The van der Waals surface area contributed by atoms with Gasteiger partial charge >= 0.3 is 6.09 Å². The number of imide groups is 1. The van der Waals surface area contributed by atoms with Crippen LogP contribution in [-0.4, -0.2) is 58.3 Å². The molecule has 0 saturated carbocycles. The number of hydrogen-bond donors (Lipinski definition) is 1. The molecule has 0 radical (unpaired) electrons. The van der Waals surface area contributed by atoms with Crippen LogP contribution in [0.5, 0.6) is 0 Å². The van der Waals surface area contributed by atoms with Crippen LogP contribution in [0.25, 0.3) is 0 Å². The first-order valence-corrected chi connectivity index (χ1v) is 11.0. The summed E-state index contributed by atoms with van der Waals surface area (Å²) in [7, 11) is 0. The smallest absolute Gasteiger partial charge is 0.410 e. The number of piperidine rings is 2. The van der Waals surface area contributed by atoms with Gasteiger partial charge in [0.1, 0.15) is 17.5 Å². The molecular weight excluding hydrogens is 417 g/mol. The number of fused-ring (bicyclic) bond motifs is 1. The molecule has 4 rings (SSSR count). The van der Waals surface area contributed by atoms with Crippen molar-refractivity contribution in [3.8, 4) is 0 Å². The standard InChI is InChI=1S/C23H28FN3O5/c1-23(2,3)32-22(31)26-10-8-13(9-11-26)14-4-5-15-16(19(14)24)12-27(21(15)30)17-6-7-18(28)25-20(17)29/h4-5,13,17H,6-12H2,1-3H3,(H,25,28,29). The van der Waals surface area contributed by atoms with Gasteiger partial charge in [0, 0.05) is 30.6 Å². The number of amides is 4. The third kappa shape index (κ3) is 4.20. The zero-order valence-electron chi connectivity index (χ0n) is 18.6. The van der Waals surface area contributed by atoms with E-state index >= 15 is 4.39 Å². The Morgan fingerprint density at radius 3 is 2.44 bits per heavy atom. The van der Waals surface area contributed by atoms with Gasteiger partial charge in [-0.05, 0) is 57.6 Å². The van der Waals surface area contributed by atoms with E-state index in [1.54, 1.807) is 17.0 Å². The van der Waals surface area contributed by atoms with Crippen LogP contribution in [0.4, 0.5) is 9.18 Å². The maximum atomic E-state index is 15.5. The number of carbonyl (C=O) groups excluding carboxylic acids is 4. The summed E-state index contributed by atoms with van der Waals surface area (Å²) in [4.78, 5) is 51.7. The zero-order chi connectivity index (χ0) is 23.2. The summed E-state index contributed by atoms with van der Waals surface area (Å²) in [6, 6.07) is 2.50. The van der Waals surface area contributed by atoms with Gasteiger partial charge in [0.15, 0.2) is 0 Å². The fourth-order valence-corrected chi connectivity index (χ4v) is 4.64. The Bertz CT molecular complexity index is 979. The van der Waals surface area contributed by atoms with Crippen molar-refractivity contribution in [1.82, 2.24) is 15.1 Å². The lowest BCUT2D eigenvalue weighted by molar-refractivity contribution is -0.136. The van der Waals surface area contributed by atoms with E-state index in [1.165, 1.54) is 4.90 Å². The molecule has 1 N–H and O–H groups in total. The van der Waals surface area contributed by atoms with Crippen molar-refractivity contribution in [2.24, 2.45) is 0 Å². The highest BCUT2D eigenvalue weighted by atomic mass is 19.1. The number of nitrogens with one attached hydrogen (secondary N) is 1. The van der Waals surface area contributed by atoms with Crippen LogP contribution in [0.3, 0.4) is 0 Å². The minimum absolute atomic E-state index is 0.0108. The topological polar surface area (TPSA) is 96.0 Å². The van der Waals surface area contributed by atoms with Crippen LogP contribution in [0, 0.1) is 5.82 Å². The minimum Gasteiger partial charge on any atom is -0.444 e. The van der Waals surface area contributed by atoms with Crippen LogP contribution in [-0.2, 0) is 20.9 Å². The first-order valence-electron chi connectivity index (χ1n) is 11.0. The number of hydrogen-bond acceptors (Lipinski definition) is 5. The second-order valence-electron chi connectivity index (χ2n) is 9.64. The van der Waals surface area contributed by atoms with Gasteiger partial charge in [-0.15, -0.1) is 0 Å². The normalized spacial score (nSPS) is 22.1. The Hall–Kier alpha value is -2.97. The lowest BCUT2D eigenvalue weighted by Crippen LogP contribution is -2.52. The molecule has 1 unspecified atom stereocenters. The summed E-state index contributed by atoms with van der Waals surface area (Å²) in [6.07, 6.45) is 1.22. The van der Waals surface area contributed by atoms with Gasteiger partial charge < -0.3 is 14.5 Å². The van der Waals surface area contributed by atoms with Crippen molar-refractivity contribution in [3.05, 3.63) is 34.6 Å². The molecule has 9 heteroatoms. The highest BCUT2D eigenvalue weighted by molar-refractivity contribution is 6.05. The van der Waals surface area contributed by atoms with Crippen LogP contribution in [0.2, 0.25) is 0 Å². The lowest BCUT2D eigenvalue weighted by atomic mass is 9.87. The monoisotopic (exact) mass is 445 g/mol. The van der Waals surface area contributed by atoms with Gasteiger partial charge in [0.25, 0.3) is 5.91 Å². The molecule has 1 atom stereocenters. The number of benzene rings is 1. The van der Waals surface area contributed by atoms with Gasteiger partial charge in [0.2, 0.25) is 11.8 Å². The predicted octanol–water partition coefficient (Wildman–Crippen LogP) is 2.70. The van der Waals surface area contributed by atoms with Crippen molar-refractivity contribution in [1.29, 1.82) is 0 Å². The van der Waals surface area contributed by atoms with Gasteiger partial charge in [-0.1, -0.05) is 6.07 Å². The van der Waals surface area contributed by atoms with Crippen LogP contribution >= 0.6 is 0 Å². The molecule has 1 aromatic carbocycles. The van der Waals surface area contributed by atoms with E-state index in [0.29, 0.717) is 37.1 Å². The van der Waals surface area contributed by atoms with E-state index in [9.17, 15) is 19.2 Å². The van der Waals surface area contributed by atoms with E-state index in [1.807, 2.05) is 20.8 Å². The van der Waals surface area contributed by atoms with Crippen molar-refractivity contribution in [3.63, 3.8) is 0 Å². The van der Waals surface area contributed by atoms with Crippen LogP contribution < -0.4 is 5.32 Å². The highest BCUT2D eigenvalue weighted by Gasteiger charge is 2.41. The number of likely N-dealkylation sites (tertiary alicyclic amines) is 1. The Morgan fingerprint density at radius 2 is 1.81 bits per heavy atom. The Kier molecular flexibility index (Phi) is 5.68. The molecule has 0 aliphatic carbocycles. The number of nitrogens with zero attached hydrogens (tertiary/aromatic N) is 2. The summed E-state index contributed by atoms with van der Waals surface area (Å²) >= 11 is 0. The van der Waals surface area contributed by atoms with Crippen LogP contribution in [0.1, 0.15) is 73.9 Å². The van der Waals surface area contributed by atoms with E-state index in [2.05, 4.69) is 5.32 Å². The molecule has 172 valence electrons. The second kappa shape index (κ2) is 8.18. The molecule has 2 fully saturated rings. The first kappa shape index (κ1) is 22.2. The zero-order valence-corrected chi connectivity index (χ0v) is 18.6. The van der Waals surface area contributed by atoms with Gasteiger partial charge in [-0.2, -0.15) is 0 Å². The van der Waals surface area contributed by atoms with E-state index in [4.69, 9.17) is 4.74 Å². The minimum atomic E-state index is -0.771. The molecule has 8 nitrogen and oxygen atoms in total. The van der Waals surface area contributed by atoms with Crippen molar-refractivity contribution in [2.45, 2.75) is 70.6 Å². The maximum Gasteiger partial charge on any atom is 0.410 e. The summed E-state index contributed by atoms with van der Waals surface area (Å²) in [5.74, 6) is -1.75. The summed E-state index contributed by atoms with van der Waals surface area (Å²) in [5.41, 5.74) is 0.528. The third-order valence-electron chi connectivity index (χ3n) is 6.27. The summed E-state index contributed by atoms with van der Waals surface area (Å²) in [6.45, 7) is 6.40. The molecule has 2 saturated heterocycles. The quantitative estimate of drug-likeness (QED) is 0.706. The molecule has 3 aliphatic heterocycles. The van der Waals surface area contributed by atoms with Crippen molar-refractivity contribution < 1.29 is 28.3 Å².